The number of nitrogens with zero attached hydrogens (tertiary/aromatic N) is 2. The minimum absolute atomic E-state index is 0.168. The molecule has 0 spiro atoms. The van der Waals surface area contributed by atoms with E-state index in [1.807, 2.05) is 57.7 Å². The van der Waals surface area contributed by atoms with Crippen LogP contribution >= 0.6 is 22.7 Å². The minimum Gasteiger partial charge on any atom is -0.306 e. The predicted molar refractivity (Wildman–Crippen MR) is 252 cm³/mol. The van der Waals surface area contributed by atoms with Crippen LogP contribution in [0.2, 0.25) is 0 Å². The Morgan fingerprint density at radius 2 is 0.700 bits per heavy atom. The number of benzene rings is 9. The molecule has 60 heavy (non-hydrogen) atoms. The first-order chi connectivity index (χ1) is 29.6. The lowest BCUT2D eigenvalue weighted by Gasteiger charge is -2.14. The summed E-state index contributed by atoms with van der Waals surface area (Å²) in [6, 6.07) is 61.4. The van der Waals surface area contributed by atoms with Crippen molar-refractivity contribution >= 4 is 107 Å². The van der Waals surface area contributed by atoms with Crippen molar-refractivity contribution in [2.75, 3.05) is 0 Å². The highest BCUT2D eigenvalue weighted by Gasteiger charge is 2.22. The second kappa shape index (κ2) is 12.7. The molecule has 282 valence electrons. The van der Waals surface area contributed by atoms with Gasteiger partial charge in [-0.2, -0.15) is 0 Å². The molecule has 0 atom stereocenters. The molecule has 0 fully saturated rings. The van der Waals surface area contributed by atoms with Crippen molar-refractivity contribution in [2.45, 2.75) is 0 Å². The number of para-hydroxylation sites is 2. The summed E-state index contributed by atoms with van der Waals surface area (Å²) in [7, 11) is 0. The zero-order valence-corrected chi connectivity index (χ0v) is 33.4. The molecule has 13 rings (SSSR count). The Balaban J connectivity index is 0.967. The molecule has 9 aromatic carbocycles. The van der Waals surface area contributed by atoms with Crippen molar-refractivity contribution in [3.8, 4) is 33.6 Å². The molecule has 4 aromatic heterocycles. The smallest absolute Gasteiger partial charge is 0.149 e. The van der Waals surface area contributed by atoms with Gasteiger partial charge in [0.1, 0.15) is 11.6 Å². The van der Waals surface area contributed by atoms with Gasteiger partial charge in [-0.05, 0) is 70.8 Å². The topological polar surface area (TPSA) is 9.86 Å². The molecule has 0 aliphatic heterocycles. The van der Waals surface area contributed by atoms with Crippen LogP contribution in [0.25, 0.3) is 118 Å². The van der Waals surface area contributed by atoms with E-state index in [9.17, 15) is 0 Å². The fourth-order valence-corrected chi connectivity index (χ4v) is 12.1. The van der Waals surface area contributed by atoms with E-state index in [0.717, 1.165) is 65.9 Å². The van der Waals surface area contributed by atoms with Crippen LogP contribution in [-0.4, -0.2) is 9.13 Å². The summed E-state index contributed by atoms with van der Waals surface area (Å²) in [6.07, 6.45) is 0. The highest BCUT2D eigenvalue weighted by Crippen LogP contribution is 2.44. The summed E-state index contributed by atoms with van der Waals surface area (Å²) in [5.41, 5.74) is 8.07. The van der Waals surface area contributed by atoms with Gasteiger partial charge in [-0.15, -0.1) is 22.7 Å². The molecule has 13 aromatic rings. The van der Waals surface area contributed by atoms with Gasteiger partial charge in [-0.3, -0.25) is 0 Å². The Morgan fingerprint density at radius 3 is 1.17 bits per heavy atom. The van der Waals surface area contributed by atoms with Gasteiger partial charge in [0, 0.05) is 74.0 Å². The van der Waals surface area contributed by atoms with Crippen molar-refractivity contribution in [1.82, 2.24) is 9.13 Å². The van der Waals surface area contributed by atoms with E-state index in [-0.39, 0.29) is 11.4 Å². The normalized spacial score (nSPS) is 12.2. The second-order valence-electron chi connectivity index (χ2n) is 15.5. The third-order valence-electron chi connectivity index (χ3n) is 12.3. The average molecular weight is 809 g/mol. The first-order valence-corrected chi connectivity index (χ1v) is 21.6. The van der Waals surface area contributed by atoms with Gasteiger partial charge in [0.05, 0.1) is 33.4 Å². The van der Waals surface area contributed by atoms with Gasteiger partial charge in [0.25, 0.3) is 0 Å². The van der Waals surface area contributed by atoms with Crippen LogP contribution in [0.4, 0.5) is 8.78 Å². The van der Waals surface area contributed by atoms with E-state index < -0.39 is 11.6 Å². The summed E-state index contributed by atoms with van der Waals surface area (Å²) in [6.45, 7) is 0. The van der Waals surface area contributed by atoms with Crippen LogP contribution in [0.1, 0.15) is 0 Å². The maximum atomic E-state index is 17.0. The molecule has 4 heterocycles. The first-order valence-electron chi connectivity index (χ1n) is 20.0. The molecule has 0 N–H and O–H groups in total. The van der Waals surface area contributed by atoms with Gasteiger partial charge < -0.3 is 9.13 Å². The highest BCUT2D eigenvalue weighted by molar-refractivity contribution is 7.26. The predicted octanol–water partition coefficient (Wildman–Crippen LogP) is 16.2. The number of rotatable bonds is 4. The van der Waals surface area contributed by atoms with Crippen LogP contribution in [-0.2, 0) is 0 Å². The molecule has 0 saturated heterocycles. The molecule has 0 amide bonds. The van der Waals surface area contributed by atoms with Crippen LogP contribution < -0.4 is 0 Å². The fraction of sp³-hybridized carbons (Fsp3) is 0. The third kappa shape index (κ3) is 4.77. The third-order valence-corrected chi connectivity index (χ3v) is 14.7. The van der Waals surface area contributed by atoms with E-state index in [2.05, 4.69) is 121 Å². The molecule has 0 aliphatic rings. The van der Waals surface area contributed by atoms with Gasteiger partial charge in [-0.1, -0.05) is 121 Å². The monoisotopic (exact) mass is 808 g/mol. The number of halogens is 2. The summed E-state index contributed by atoms with van der Waals surface area (Å²) in [4.78, 5) is 0. The minimum atomic E-state index is -0.507. The van der Waals surface area contributed by atoms with Gasteiger partial charge >= 0.3 is 0 Å². The molecule has 0 radical (unpaired) electrons. The van der Waals surface area contributed by atoms with Crippen LogP contribution in [0.15, 0.2) is 182 Å². The average Bonchev–Trinajstić information content (AvgIpc) is 4.04. The standard InChI is InChI=1S/C54H30F2N2S2/c55-43-30-50(58-46-20-6-2-12-36(46)42-28-32(24-26-48(42)58)34-16-10-18-40-38-14-4-8-22-52(38)60-54(34)40)44(56)29-49(43)57-45-19-5-1-11-35(45)41-27-31(23-25-47(41)57)33-15-9-17-39-37-13-3-7-21-51(37)59-53(33)39/h1-30H. The molecule has 2 nitrogen and oxygen atoms in total. The number of hydrogen-bond donors (Lipinski definition) is 0. The Labute approximate surface area is 350 Å². The lowest BCUT2D eigenvalue weighted by Crippen LogP contribution is -2.04. The van der Waals surface area contributed by atoms with Crippen molar-refractivity contribution in [3.05, 3.63) is 194 Å². The molecular formula is C54H30F2N2S2. The van der Waals surface area contributed by atoms with Crippen molar-refractivity contribution in [3.63, 3.8) is 0 Å². The number of fused-ring (bicyclic) bond motifs is 12. The van der Waals surface area contributed by atoms with E-state index in [0.29, 0.717) is 0 Å². The van der Waals surface area contributed by atoms with Crippen molar-refractivity contribution < 1.29 is 8.78 Å². The molecule has 0 bridgehead atoms. The maximum Gasteiger partial charge on any atom is 0.149 e. The molecule has 0 unspecified atom stereocenters. The zero-order valence-electron chi connectivity index (χ0n) is 31.8. The Morgan fingerprint density at radius 1 is 0.317 bits per heavy atom. The molecule has 0 aliphatic carbocycles. The van der Waals surface area contributed by atoms with E-state index in [1.165, 1.54) is 52.5 Å². The molecule has 0 saturated carbocycles. The number of hydrogen-bond acceptors (Lipinski definition) is 2. The summed E-state index contributed by atoms with van der Waals surface area (Å²) in [5, 5.41) is 8.90. The molecule has 6 heteroatoms. The quantitative estimate of drug-likeness (QED) is 0.168. The Kier molecular flexibility index (Phi) is 7.15. The van der Waals surface area contributed by atoms with Gasteiger partial charge in [-0.25, -0.2) is 8.78 Å². The largest absolute Gasteiger partial charge is 0.306 e. The number of thiophene rings is 2. The second-order valence-corrected chi connectivity index (χ2v) is 17.6. The van der Waals surface area contributed by atoms with Gasteiger partial charge in [0.15, 0.2) is 0 Å². The SMILES string of the molecule is Fc1cc(-n2c3ccccc3c3cc(-c4cccc5c4sc4ccccc45)ccc32)c(F)cc1-n1c2ccccc2c2cc(-c3cccc4c3sc3ccccc34)ccc21. The zero-order chi connectivity index (χ0) is 39.6. The van der Waals surface area contributed by atoms with Crippen LogP contribution in [0.3, 0.4) is 0 Å². The maximum absolute atomic E-state index is 17.0. The first kappa shape index (κ1) is 33.8. The van der Waals surface area contributed by atoms with E-state index >= 15 is 8.78 Å². The Hall–Kier alpha value is -7.12. The molecular weight excluding hydrogens is 779 g/mol. The van der Waals surface area contributed by atoms with Crippen LogP contribution in [0.5, 0.6) is 0 Å². The van der Waals surface area contributed by atoms with E-state index in [4.69, 9.17) is 0 Å². The fourth-order valence-electron chi connectivity index (χ4n) is 9.62. The lowest BCUT2D eigenvalue weighted by molar-refractivity contribution is 0.590. The van der Waals surface area contributed by atoms with Crippen LogP contribution in [0, 0.1) is 11.6 Å². The van der Waals surface area contributed by atoms with Gasteiger partial charge in [0.2, 0.25) is 0 Å². The Bertz CT molecular complexity index is 3680. The summed E-state index contributed by atoms with van der Waals surface area (Å²) < 4.78 is 42.7. The highest BCUT2D eigenvalue weighted by atomic mass is 32.1. The van der Waals surface area contributed by atoms with Crippen molar-refractivity contribution in [2.24, 2.45) is 0 Å². The summed E-state index contributed by atoms with van der Waals surface area (Å²) in [5.74, 6) is -1.01. The summed E-state index contributed by atoms with van der Waals surface area (Å²) >= 11 is 3.60. The van der Waals surface area contributed by atoms with E-state index in [1.54, 1.807) is 22.7 Å². The number of aromatic nitrogens is 2. The van der Waals surface area contributed by atoms with Crippen molar-refractivity contribution in [1.29, 1.82) is 0 Å². The lowest BCUT2D eigenvalue weighted by atomic mass is 10.0.